The van der Waals surface area contributed by atoms with E-state index in [1.807, 2.05) is 26.0 Å². The summed E-state index contributed by atoms with van der Waals surface area (Å²) in [5, 5.41) is 0. The van der Waals surface area contributed by atoms with E-state index in [9.17, 15) is 14.4 Å². The molecule has 0 saturated carbocycles. The number of amides is 2. The lowest BCUT2D eigenvalue weighted by Crippen LogP contribution is -2.41. The van der Waals surface area contributed by atoms with Crippen molar-refractivity contribution in [1.29, 1.82) is 0 Å². The van der Waals surface area contributed by atoms with Gasteiger partial charge in [0.25, 0.3) is 11.8 Å². The van der Waals surface area contributed by atoms with Gasteiger partial charge < -0.3 is 14.2 Å². The molecule has 7 heteroatoms. The molecule has 156 valence electrons. The number of rotatable bonds is 8. The van der Waals surface area contributed by atoms with Crippen LogP contribution in [0.4, 0.5) is 0 Å². The number of methoxy groups -OCH3 is 1. The Hall–Kier alpha value is -2.51. The fraction of sp³-hybridized carbons (Fsp3) is 0.500. The summed E-state index contributed by atoms with van der Waals surface area (Å²) in [5.74, 6) is -1.59. The molecule has 0 N–H and O–H groups in total. The molecule has 0 radical (unpaired) electrons. The molecule has 29 heavy (non-hydrogen) atoms. The van der Waals surface area contributed by atoms with Gasteiger partial charge in [0.05, 0.1) is 30.9 Å². The van der Waals surface area contributed by atoms with Gasteiger partial charge in [0.1, 0.15) is 6.10 Å². The van der Waals surface area contributed by atoms with Crippen molar-refractivity contribution < 1.29 is 28.6 Å². The maximum absolute atomic E-state index is 12.6. The number of nitrogens with zero attached hydrogens (tertiary/aromatic N) is 1. The van der Waals surface area contributed by atoms with Crippen LogP contribution in [0.3, 0.4) is 0 Å². The summed E-state index contributed by atoms with van der Waals surface area (Å²) in [5.41, 5.74) is 0.857. The highest BCUT2D eigenvalue weighted by molar-refractivity contribution is 6.21. The van der Waals surface area contributed by atoms with Gasteiger partial charge in [-0.25, -0.2) is 0 Å². The highest BCUT2D eigenvalue weighted by Gasteiger charge is 2.45. The summed E-state index contributed by atoms with van der Waals surface area (Å²) in [6.07, 6.45) is 5.76. The molecular formula is C22H27NO6. The first-order valence-electron chi connectivity index (χ1n) is 9.85. The highest BCUT2D eigenvalue weighted by Crippen LogP contribution is 2.32. The van der Waals surface area contributed by atoms with Crippen molar-refractivity contribution >= 4 is 17.8 Å². The maximum Gasteiger partial charge on any atom is 0.305 e. The van der Waals surface area contributed by atoms with E-state index in [2.05, 4.69) is 4.74 Å². The number of allylic oxidation sites excluding steroid dienone is 1. The summed E-state index contributed by atoms with van der Waals surface area (Å²) >= 11 is 0. The molecule has 0 spiro atoms. The molecular weight excluding hydrogens is 374 g/mol. The zero-order valence-corrected chi connectivity index (χ0v) is 17.1. The Morgan fingerprint density at radius 2 is 1.72 bits per heavy atom. The minimum atomic E-state index is -0.785. The number of benzene rings is 1. The molecule has 0 aliphatic carbocycles. The van der Waals surface area contributed by atoms with Crippen LogP contribution in [0.1, 0.15) is 60.2 Å². The summed E-state index contributed by atoms with van der Waals surface area (Å²) < 4.78 is 16.6. The third kappa shape index (κ3) is 4.92. The average molecular weight is 401 g/mol. The van der Waals surface area contributed by atoms with Gasteiger partial charge in [-0.05, 0) is 45.2 Å². The lowest BCUT2D eigenvalue weighted by Gasteiger charge is -2.21. The molecule has 1 saturated heterocycles. The quantitative estimate of drug-likeness (QED) is 0.288. The Morgan fingerprint density at radius 3 is 2.34 bits per heavy atom. The lowest BCUT2D eigenvalue weighted by atomic mass is 10.1. The number of carbonyl (C=O) groups is 3. The number of carbonyl (C=O) groups excluding carboxylic acids is 3. The smallest absolute Gasteiger partial charge is 0.305 e. The highest BCUT2D eigenvalue weighted by atomic mass is 16.8. The zero-order chi connectivity index (χ0) is 21.0. The minimum absolute atomic E-state index is 0.149. The van der Waals surface area contributed by atoms with E-state index in [1.54, 1.807) is 24.3 Å². The predicted molar refractivity (Wildman–Crippen MR) is 105 cm³/mol. The summed E-state index contributed by atoms with van der Waals surface area (Å²) in [7, 11) is 1.38. The molecule has 2 atom stereocenters. The van der Waals surface area contributed by atoms with Crippen molar-refractivity contribution in [2.24, 2.45) is 0 Å². The number of unbranched alkanes of at least 4 members (excludes halogenated alkanes) is 1. The van der Waals surface area contributed by atoms with Crippen LogP contribution in [0, 0.1) is 0 Å². The molecule has 2 heterocycles. The normalized spacial score (nSPS) is 23.1. The predicted octanol–water partition coefficient (Wildman–Crippen LogP) is 3.09. The van der Waals surface area contributed by atoms with Crippen LogP contribution in [-0.4, -0.2) is 54.3 Å². The largest absolute Gasteiger partial charge is 0.469 e. The molecule has 0 bridgehead atoms. The Labute approximate surface area is 170 Å². The fourth-order valence-electron chi connectivity index (χ4n) is 3.66. The van der Waals surface area contributed by atoms with Crippen LogP contribution >= 0.6 is 0 Å². The van der Waals surface area contributed by atoms with Crippen LogP contribution in [0.2, 0.25) is 0 Å². The van der Waals surface area contributed by atoms with Crippen LogP contribution in [0.25, 0.3) is 0 Å². The minimum Gasteiger partial charge on any atom is -0.469 e. The molecule has 0 aromatic heterocycles. The van der Waals surface area contributed by atoms with Gasteiger partial charge in [0, 0.05) is 6.42 Å². The summed E-state index contributed by atoms with van der Waals surface area (Å²) in [4.78, 5) is 37.6. The molecule has 2 amide bonds. The van der Waals surface area contributed by atoms with Crippen molar-refractivity contribution in [2.75, 3.05) is 13.7 Å². The van der Waals surface area contributed by atoms with E-state index in [1.165, 1.54) is 12.0 Å². The fourth-order valence-corrected chi connectivity index (χ4v) is 3.66. The van der Waals surface area contributed by atoms with E-state index in [4.69, 9.17) is 9.47 Å². The molecule has 3 rings (SSSR count). The van der Waals surface area contributed by atoms with Crippen LogP contribution in [-0.2, 0) is 19.0 Å². The first kappa shape index (κ1) is 21.2. The van der Waals surface area contributed by atoms with Crippen LogP contribution < -0.4 is 0 Å². The SMILES string of the molecule is COC(=O)CCC/C=C\C[C@H]1OC(C)(C)O[C@@H]1CN1C(=O)c2ccccc2C1=O. The van der Waals surface area contributed by atoms with E-state index in [0.29, 0.717) is 24.0 Å². The van der Waals surface area contributed by atoms with Crippen LogP contribution in [0.15, 0.2) is 36.4 Å². The van der Waals surface area contributed by atoms with Gasteiger partial charge in [-0.3, -0.25) is 19.3 Å². The van der Waals surface area contributed by atoms with Gasteiger partial charge in [-0.1, -0.05) is 24.3 Å². The summed E-state index contributed by atoms with van der Waals surface area (Å²) in [6.45, 7) is 3.79. The molecule has 1 aromatic rings. The molecule has 1 fully saturated rings. The first-order valence-corrected chi connectivity index (χ1v) is 9.85. The monoisotopic (exact) mass is 401 g/mol. The number of hydrogen-bond donors (Lipinski definition) is 0. The number of ether oxygens (including phenoxy) is 3. The third-order valence-corrected chi connectivity index (χ3v) is 5.04. The Bertz CT molecular complexity index is 780. The van der Waals surface area contributed by atoms with E-state index < -0.39 is 11.9 Å². The second-order valence-electron chi connectivity index (χ2n) is 7.65. The first-order chi connectivity index (χ1) is 13.8. The van der Waals surface area contributed by atoms with Crippen molar-refractivity contribution in [3.8, 4) is 0 Å². The van der Waals surface area contributed by atoms with Gasteiger partial charge >= 0.3 is 5.97 Å². The standard InChI is InChI=1S/C22H27NO6/c1-22(2)28-17(12-6-4-5-7-13-19(24)27-3)18(29-22)14-23-20(25)15-10-8-9-11-16(15)21(23)26/h4,6,8-11,17-18H,5,7,12-14H2,1-3H3/b6-4-/t17-,18-/m1/s1. The van der Waals surface area contributed by atoms with Gasteiger partial charge in [-0.15, -0.1) is 0 Å². The Morgan fingerprint density at radius 1 is 1.10 bits per heavy atom. The molecule has 1 aromatic carbocycles. The van der Waals surface area contributed by atoms with E-state index in [0.717, 1.165) is 12.8 Å². The third-order valence-electron chi connectivity index (χ3n) is 5.04. The Balaban J connectivity index is 1.58. The van der Waals surface area contributed by atoms with Gasteiger partial charge in [0.15, 0.2) is 5.79 Å². The zero-order valence-electron chi connectivity index (χ0n) is 17.1. The number of fused-ring (bicyclic) bond motifs is 1. The number of hydrogen-bond acceptors (Lipinski definition) is 6. The van der Waals surface area contributed by atoms with E-state index >= 15 is 0 Å². The van der Waals surface area contributed by atoms with Crippen molar-refractivity contribution in [3.05, 3.63) is 47.5 Å². The molecule has 2 aliphatic rings. The second-order valence-corrected chi connectivity index (χ2v) is 7.65. The number of imide groups is 1. The molecule has 7 nitrogen and oxygen atoms in total. The Kier molecular flexibility index (Phi) is 6.49. The van der Waals surface area contributed by atoms with Crippen molar-refractivity contribution in [2.45, 2.75) is 57.5 Å². The molecule has 0 unspecified atom stereocenters. The van der Waals surface area contributed by atoms with Crippen molar-refractivity contribution in [1.82, 2.24) is 4.90 Å². The maximum atomic E-state index is 12.6. The topological polar surface area (TPSA) is 82.1 Å². The average Bonchev–Trinajstić information content (AvgIpc) is 3.12. The van der Waals surface area contributed by atoms with Crippen molar-refractivity contribution in [3.63, 3.8) is 0 Å². The second kappa shape index (κ2) is 8.88. The van der Waals surface area contributed by atoms with Crippen LogP contribution in [0.5, 0.6) is 0 Å². The summed E-state index contributed by atoms with van der Waals surface area (Å²) in [6, 6.07) is 6.83. The number of esters is 1. The molecule has 2 aliphatic heterocycles. The van der Waals surface area contributed by atoms with Gasteiger partial charge in [0.2, 0.25) is 0 Å². The van der Waals surface area contributed by atoms with Gasteiger partial charge in [-0.2, -0.15) is 0 Å². The van der Waals surface area contributed by atoms with E-state index in [-0.39, 0.29) is 30.4 Å². The lowest BCUT2D eigenvalue weighted by molar-refractivity contribution is -0.146.